The first-order valence-corrected chi connectivity index (χ1v) is 11.7. The lowest BCUT2D eigenvalue weighted by molar-refractivity contribution is -0.186. The lowest BCUT2D eigenvalue weighted by Crippen LogP contribution is -2.55. The van der Waals surface area contributed by atoms with Gasteiger partial charge in [0, 0.05) is 28.2 Å². The predicted molar refractivity (Wildman–Crippen MR) is 125 cm³/mol. The van der Waals surface area contributed by atoms with E-state index in [2.05, 4.69) is 15.2 Å². The molecule has 184 valence electrons. The molecule has 3 aromatic rings. The zero-order valence-corrected chi connectivity index (χ0v) is 20.2. The van der Waals surface area contributed by atoms with Gasteiger partial charge in [0.1, 0.15) is 47.1 Å². The summed E-state index contributed by atoms with van der Waals surface area (Å²) < 4.78 is 41.1. The Morgan fingerprint density at radius 3 is 2.63 bits per heavy atom. The lowest BCUT2D eigenvalue weighted by atomic mass is 9.97. The molecule has 35 heavy (non-hydrogen) atoms. The van der Waals surface area contributed by atoms with Crippen molar-refractivity contribution >= 4 is 29.1 Å². The van der Waals surface area contributed by atoms with E-state index in [0.717, 1.165) is 23.9 Å². The van der Waals surface area contributed by atoms with Crippen LogP contribution in [0.5, 0.6) is 0 Å². The van der Waals surface area contributed by atoms with Crippen molar-refractivity contribution in [1.82, 2.24) is 15.0 Å². The summed E-state index contributed by atoms with van der Waals surface area (Å²) in [5, 5.41) is 29.3. The summed E-state index contributed by atoms with van der Waals surface area (Å²) >= 11 is 7.28. The molecule has 0 radical (unpaired) electrons. The number of ether oxygens (including phenoxy) is 2. The van der Waals surface area contributed by atoms with Crippen LogP contribution in [0.15, 0.2) is 41.4 Å². The highest BCUT2D eigenvalue weighted by Gasteiger charge is 2.47. The van der Waals surface area contributed by atoms with E-state index in [0.29, 0.717) is 15.6 Å². The summed E-state index contributed by atoms with van der Waals surface area (Å²) in [5.74, 6) is -1.44. The first-order valence-electron chi connectivity index (χ1n) is 10.5. The SMILES string of the molecule is [C-]#[N+]c1ccc(Cl)cc1S[C@H]1OC(CO)[C@H](O)[C@H](n2cc(-c3cc(F)c(C)c(F)c3)nn2)C1OC. The Kier molecular flexibility index (Phi) is 7.70. The van der Waals surface area contributed by atoms with Crippen LogP contribution in [0.4, 0.5) is 14.5 Å². The summed E-state index contributed by atoms with van der Waals surface area (Å²) in [6.45, 7) is 8.26. The maximum atomic E-state index is 14.1. The molecule has 1 saturated heterocycles. The molecule has 0 amide bonds. The minimum absolute atomic E-state index is 0.106. The Hall–Kier alpha value is -2.59. The molecule has 1 fully saturated rings. The van der Waals surface area contributed by atoms with Crippen LogP contribution >= 0.6 is 23.4 Å². The molecule has 2 aromatic carbocycles. The number of methoxy groups -OCH3 is 1. The van der Waals surface area contributed by atoms with Gasteiger partial charge >= 0.3 is 0 Å². The number of aliphatic hydroxyl groups excluding tert-OH is 2. The predicted octanol–water partition coefficient (Wildman–Crippen LogP) is 4.16. The number of thioether (sulfide) groups is 1. The molecule has 0 spiro atoms. The van der Waals surface area contributed by atoms with Gasteiger partial charge in [0.05, 0.1) is 19.4 Å². The van der Waals surface area contributed by atoms with Gasteiger partial charge < -0.3 is 19.7 Å². The highest BCUT2D eigenvalue weighted by atomic mass is 35.5. The van der Waals surface area contributed by atoms with Crippen molar-refractivity contribution in [2.75, 3.05) is 13.7 Å². The number of hydrogen-bond donors (Lipinski definition) is 2. The van der Waals surface area contributed by atoms with Crippen molar-refractivity contribution in [2.45, 2.75) is 41.6 Å². The van der Waals surface area contributed by atoms with Crippen molar-refractivity contribution < 1.29 is 28.5 Å². The molecule has 4 rings (SSSR count). The third kappa shape index (κ3) is 5.04. The fourth-order valence-corrected chi connectivity index (χ4v) is 5.38. The Morgan fingerprint density at radius 1 is 1.29 bits per heavy atom. The highest BCUT2D eigenvalue weighted by Crippen LogP contribution is 2.43. The van der Waals surface area contributed by atoms with E-state index in [1.54, 1.807) is 18.2 Å². The van der Waals surface area contributed by atoms with Crippen LogP contribution in [0.1, 0.15) is 11.6 Å². The molecule has 2 N–H and O–H groups in total. The van der Waals surface area contributed by atoms with E-state index >= 15 is 0 Å². The molecule has 0 aliphatic carbocycles. The van der Waals surface area contributed by atoms with Crippen LogP contribution in [0, 0.1) is 25.1 Å². The van der Waals surface area contributed by atoms with Gasteiger partial charge in [-0.1, -0.05) is 28.9 Å². The van der Waals surface area contributed by atoms with E-state index in [1.165, 1.54) is 24.9 Å². The minimum atomic E-state index is -1.25. The second-order valence-electron chi connectivity index (χ2n) is 7.90. The summed E-state index contributed by atoms with van der Waals surface area (Å²) in [5.41, 5.74) is -0.159. The van der Waals surface area contributed by atoms with Crippen molar-refractivity contribution in [2.24, 2.45) is 0 Å². The molecule has 2 unspecified atom stereocenters. The molecule has 2 heterocycles. The number of hydrogen-bond acceptors (Lipinski definition) is 7. The first kappa shape index (κ1) is 25.5. The van der Waals surface area contributed by atoms with Crippen LogP contribution in [-0.2, 0) is 9.47 Å². The van der Waals surface area contributed by atoms with Crippen LogP contribution < -0.4 is 0 Å². The topological polar surface area (TPSA) is 94.0 Å². The molecule has 12 heteroatoms. The molecule has 5 atom stereocenters. The Labute approximate surface area is 209 Å². The van der Waals surface area contributed by atoms with E-state index in [1.807, 2.05) is 0 Å². The van der Waals surface area contributed by atoms with Gasteiger partial charge in [0.15, 0.2) is 0 Å². The standard InChI is InChI=1S/C23H21ClF2N4O4S/c1-11-14(25)6-12(7-15(11)26)17-9-30(29-28-17)20-21(32)18(10-31)34-23(22(20)33-3)35-19-8-13(24)4-5-16(19)27-2/h4-9,18,20-23,31-32H,10H2,1,3H3/t18?,20-,21-,22?,23+/m0/s1. The average molecular weight is 523 g/mol. The molecule has 8 nitrogen and oxygen atoms in total. The Balaban J connectivity index is 1.70. The van der Waals surface area contributed by atoms with Crippen molar-refractivity contribution in [3.05, 3.63) is 70.2 Å². The second-order valence-corrected chi connectivity index (χ2v) is 9.47. The van der Waals surface area contributed by atoms with Crippen LogP contribution in [0.25, 0.3) is 16.1 Å². The fraction of sp³-hybridized carbons (Fsp3) is 0.348. The van der Waals surface area contributed by atoms with E-state index in [-0.39, 0.29) is 16.8 Å². The van der Waals surface area contributed by atoms with Crippen LogP contribution in [-0.4, -0.2) is 62.7 Å². The first-order chi connectivity index (χ1) is 16.8. The van der Waals surface area contributed by atoms with Crippen molar-refractivity contribution in [1.29, 1.82) is 0 Å². The quantitative estimate of drug-likeness (QED) is 0.469. The van der Waals surface area contributed by atoms with Gasteiger partial charge in [-0.05, 0) is 25.1 Å². The highest BCUT2D eigenvalue weighted by molar-refractivity contribution is 8.00. The number of aliphatic hydroxyl groups is 2. The summed E-state index contributed by atoms with van der Waals surface area (Å²) in [6.07, 6.45) is -1.62. The van der Waals surface area contributed by atoms with Crippen LogP contribution in [0.3, 0.4) is 0 Å². The third-order valence-electron chi connectivity index (χ3n) is 5.77. The van der Waals surface area contributed by atoms with Crippen molar-refractivity contribution in [3.8, 4) is 11.3 Å². The Morgan fingerprint density at radius 2 is 2.00 bits per heavy atom. The number of rotatable bonds is 6. The molecular formula is C23H21ClF2N4O4S. The van der Waals surface area contributed by atoms with E-state index in [9.17, 15) is 19.0 Å². The maximum Gasteiger partial charge on any atom is 0.200 e. The minimum Gasteiger partial charge on any atom is -0.394 e. The van der Waals surface area contributed by atoms with Gasteiger partial charge in [-0.2, -0.15) is 0 Å². The molecule has 1 aliphatic rings. The molecular weight excluding hydrogens is 502 g/mol. The van der Waals surface area contributed by atoms with Gasteiger partial charge in [0.25, 0.3) is 0 Å². The lowest BCUT2D eigenvalue weighted by Gasteiger charge is -2.43. The third-order valence-corrected chi connectivity index (χ3v) is 7.20. The van der Waals surface area contributed by atoms with Crippen molar-refractivity contribution in [3.63, 3.8) is 0 Å². The smallest absolute Gasteiger partial charge is 0.200 e. The fourth-order valence-electron chi connectivity index (χ4n) is 3.86. The zero-order valence-electron chi connectivity index (χ0n) is 18.6. The van der Waals surface area contributed by atoms with E-state index in [4.69, 9.17) is 27.6 Å². The normalized spacial score (nSPS) is 24.3. The maximum absolute atomic E-state index is 14.1. The molecule has 1 aliphatic heterocycles. The second kappa shape index (κ2) is 10.6. The zero-order chi connectivity index (χ0) is 25.3. The number of nitrogens with zero attached hydrogens (tertiary/aromatic N) is 4. The molecule has 0 saturated carbocycles. The largest absolute Gasteiger partial charge is 0.394 e. The number of halogens is 3. The Bertz CT molecular complexity index is 1250. The monoisotopic (exact) mass is 522 g/mol. The van der Waals surface area contributed by atoms with E-state index < -0.39 is 48.0 Å². The number of benzene rings is 2. The van der Waals surface area contributed by atoms with Gasteiger partial charge in [-0.25, -0.2) is 18.3 Å². The summed E-state index contributed by atoms with van der Waals surface area (Å²) in [7, 11) is 1.43. The molecule has 1 aromatic heterocycles. The summed E-state index contributed by atoms with van der Waals surface area (Å²) in [4.78, 5) is 4.04. The molecule has 0 bridgehead atoms. The van der Waals surface area contributed by atoms with Gasteiger partial charge in [-0.15, -0.1) is 16.9 Å². The van der Waals surface area contributed by atoms with Gasteiger partial charge in [-0.3, -0.25) is 0 Å². The number of aromatic nitrogens is 3. The van der Waals surface area contributed by atoms with Gasteiger partial charge in [0.2, 0.25) is 5.69 Å². The van der Waals surface area contributed by atoms with Crippen LogP contribution in [0.2, 0.25) is 5.02 Å². The average Bonchev–Trinajstić information content (AvgIpc) is 3.32. The summed E-state index contributed by atoms with van der Waals surface area (Å²) in [6, 6.07) is 6.24.